The summed E-state index contributed by atoms with van der Waals surface area (Å²) in [5, 5.41) is 11.6. The lowest BCUT2D eigenvalue weighted by Gasteiger charge is -2.08. The minimum Gasteiger partial charge on any atom is -0.486 e. The molecule has 0 amide bonds. The first-order chi connectivity index (χ1) is 9.61. The number of ether oxygens (including phenoxy) is 1. The molecule has 20 heavy (non-hydrogen) atoms. The molecule has 1 heterocycles. The van der Waals surface area contributed by atoms with E-state index in [1.807, 2.05) is 17.8 Å². The van der Waals surface area contributed by atoms with Crippen molar-refractivity contribution in [1.82, 2.24) is 9.55 Å². The molecular formula is C13H14BrN3O3. The van der Waals surface area contributed by atoms with E-state index in [2.05, 4.69) is 20.9 Å². The molecule has 7 heteroatoms. The zero-order chi connectivity index (χ0) is 14.5. The lowest BCUT2D eigenvalue weighted by Crippen LogP contribution is -2.07. The van der Waals surface area contributed by atoms with E-state index < -0.39 is 4.92 Å². The number of aryl methyl sites for hydroxylation is 1. The van der Waals surface area contributed by atoms with Crippen LogP contribution < -0.4 is 4.74 Å². The van der Waals surface area contributed by atoms with Gasteiger partial charge >= 0.3 is 5.69 Å². The fourth-order valence-electron chi connectivity index (χ4n) is 1.80. The number of alkyl halides is 1. The maximum atomic E-state index is 11.0. The van der Waals surface area contributed by atoms with Crippen molar-refractivity contribution < 1.29 is 9.66 Å². The van der Waals surface area contributed by atoms with Crippen LogP contribution in [-0.2, 0) is 18.8 Å². The lowest BCUT2D eigenvalue weighted by molar-refractivity contribution is -0.385. The fraction of sp³-hybridized carbons (Fsp3) is 0.308. The molecule has 0 N–H and O–H groups in total. The number of nitro groups is 1. The average Bonchev–Trinajstić information content (AvgIpc) is 2.84. The predicted octanol–water partition coefficient (Wildman–Crippen LogP) is 2.84. The zero-order valence-electron chi connectivity index (χ0n) is 11.0. The molecule has 0 atom stereocenters. The molecule has 0 aliphatic heterocycles. The minimum absolute atomic E-state index is 0.0189. The quantitative estimate of drug-likeness (QED) is 0.461. The number of benzene rings is 1. The summed E-state index contributed by atoms with van der Waals surface area (Å²) in [6.07, 6.45) is 4.16. The third-order valence-electron chi connectivity index (χ3n) is 2.88. The normalized spacial score (nSPS) is 10.5. The SMILES string of the molecule is Cn1ccnc1CCOc1cc(CBr)ccc1[N+](=O)[O-]. The summed E-state index contributed by atoms with van der Waals surface area (Å²) in [7, 11) is 1.90. The van der Waals surface area contributed by atoms with Crippen molar-refractivity contribution in [3.05, 3.63) is 52.1 Å². The highest BCUT2D eigenvalue weighted by Gasteiger charge is 2.15. The first kappa shape index (κ1) is 14.5. The van der Waals surface area contributed by atoms with Crippen molar-refractivity contribution in [2.75, 3.05) is 6.61 Å². The molecule has 2 aromatic rings. The van der Waals surface area contributed by atoms with Gasteiger partial charge in [0.1, 0.15) is 5.82 Å². The van der Waals surface area contributed by atoms with Gasteiger partial charge in [0.25, 0.3) is 0 Å². The van der Waals surface area contributed by atoms with Gasteiger partial charge in [-0.2, -0.15) is 0 Å². The maximum absolute atomic E-state index is 11.0. The van der Waals surface area contributed by atoms with Gasteiger partial charge in [0.05, 0.1) is 11.5 Å². The first-order valence-corrected chi connectivity index (χ1v) is 7.16. The van der Waals surface area contributed by atoms with Gasteiger partial charge in [0.2, 0.25) is 0 Å². The van der Waals surface area contributed by atoms with Gasteiger partial charge in [-0.05, 0) is 11.6 Å². The molecule has 0 radical (unpaired) electrons. The molecule has 2 rings (SSSR count). The Kier molecular flexibility index (Phi) is 4.73. The molecule has 0 spiro atoms. The Labute approximate surface area is 124 Å². The molecule has 0 fully saturated rings. The second kappa shape index (κ2) is 6.51. The number of hydrogen-bond acceptors (Lipinski definition) is 4. The Morgan fingerprint density at radius 1 is 1.50 bits per heavy atom. The highest BCUT2D eigenvalue weighted by Crippen LogP contribution is 2.28. The van der Waals surface area contributed by atoms with Crippen LogP contribution in [0.3, 0.4) is 0 Å². The van der Waals surface area contributed by atoms with E-state index in [0.29, 0.717) is 24.1 Å². The van der Waals surface area contributed by atoms with Gasteiger partial charge in [-0.3, -0.25) is 10.1 Å². The van der Waals surface area contributed by atoms with Crippen molar-refractivity contribution in [2.45, 2.75) is 11.8 Å². The van der Waals surface area contributed by atoms with E-state index in [1.54, 1.807) is 18.3 Å². The van der Waals surface area contributed by atoms with E-state index in [-0.39, 0.29) is 5.69 Å². The molecule has 106 valence electrons. The van der Waals surface area contributed by atoms with Crippen molar-refractivity contribution in [2.24, 2.45) is 7.05 Å². The van der Waals surface area contributed by atoms with Crippen molar-refractivity contribution >= 4 is 21.6 Å². The van der Waals surface area contributed by atoms with Crippen LogP contribution in [-0.4, -0.2) is 21.1 Å². The smallest absolute Gasteiger partial charge is 0.310 e. The van der Waals surface area contributed by atoms with Crippen LogP contribution in [0.1, 0.15) is 11.4 Å². The summed E-state index contributed by atoms with van der Waals surface area (Å²) in [4.78, 5) is 14.7. The van der Waals surface area contributed by atoms with Crippen LogP contribution in [0.4, 0.5) is 5.69 Å². The summed E-state index contributed by atoms with van der Waals surface area (Å²) < 4.78 is 7.45. The monoisotopic (exact) mass is 339 g/mol. The molecule has 0 saturated carbocycles. The Morgan fingerprint density at radius 2 is 2.30 bits per heavy atom. The van der Waals surface area contributed by atoms with Crippen molar-refractivity contribution in [3.63, 3.8) is 0 Å². The van der Waals surface area contributed by atoms with Crippen LogP contribution in [0.5, 0.6) is 5.75 Å². The summed E-state index contributed by atoms with van der Waals surface area (Å²) in [6.45, 7) is 0.345. The van der Waals surface area contributed by atoms with Gasteiger partial charge in [-0.25, -0.2) is 4.98 Å². The van der Waals surface area contributed by atoms with E-state index in [0.717, 1.165) is 11.4 Å². The minimum atomic E-state index is -0.436. The summed E-state index contributed by atoms with van der Waals surface area (Å²) in [5.74, 6) is 1.17. The van der Waals surface area contributed by atoms with Crippen LogP contribution >= 0.6 is 15.9 Å². The van der Waals surface area contributed by atoms with Gasteiger partial charge in [-0.15, -0.1) is 0 Å². The van der Waals surface area contributed by atoms with E-state index in [4.69, 9.17) is 4.74 Å². The molecule has 1 aromatic carbocycles. The number of aromatic nitrogens is 2. The predicted molar refractivity (Wildman–Crippen MR) is 78.1 cm³/mol. The highest BCUT2D eigenvalue weighted by atomic mass is 79.9. The molecular weight excluding hydrogens is 326 g/mol. The Hall–Kier alpha value is -1.89. The van der Waals surface area contributed by atoms with Crippen LogP contribution in [0.2, 0.25) is 0 Å². The van der Waals surface area contributed by atoms with Gasteiger partial charge in [-0.1, -0.05) is 22.0 Å². The van der Waals surface area contributed by atoms with E-state index >= 15 is 0 Å². The van der Waals surface area contributed by atoms with E-state index in [1.165, 1.54) is 6.07 Å². The lowest BCUT2D eigenvalue weighted by atomic mass is 10.2. The summed E-state index contributed by atoms with van der Waals surface area (Å²) in [5.41, 5.74) is 0.914. The Bertz CT molecular complexity index is 613. The second-order valence-corrected chi connectivity index (χ2v) is 4.81. The third-order valence-corrected chi connectivity index (χ3v) is 3.53. The molecule has 1 aromatic heterocycles. The topological polar surface area (TPSA) is 70.2 Å². The second-order valence-electron chi connectivity index (χ2n) is 4.25. The molecule has 0 aliphatic rings. The molecule has 0 unspecified atom stereocenters. The first-order valence-electron chi connectivity index (χ1n) is 6.04. The van der Waals surface area contributed by atoms with Gasteiger partial charge in [0, 0.05) is 37.3 Å². The average molecular weight is 340 g/mol. The van der Waals surface area contributed by atoms with Crippen LogP contribution in [0, 0.1) is 10.1 Å². The molecule has 0 bridgehead atoms. The number of nitro benzene ring substituents is 1. The van der Waals surface area contributed by atoms with Crippen LogP contribution in [0.15, 0.2) is 30.6 Å². The van der Waals surface area contributed by atoms with Crippen molar-refractivity contribution in [3.8, 4) is 5.75 Å². The standard InChI is InChI=1S/C13H14BrN3O3/c1-16-6-5-15-13(16)4-7-20-12-8-10(9-14)2-3-11(12)17(18)19/h2-3,5-6,8H,4,7,9H2,1H3. The Morgan fingerprint density at radius 3 is 2.90 bits per heavy atom. The number of rotatable bonds is 6. The highest BCUT2D eigenvalue weighted by molar-refractivity contribution is 9.08. The van der Waals surface area contributed by atoms with Gasteiger partial charge < -0.3 is 9.30 Å². The van der Waals surface area contributed by atoms with Crippen LogP contribution in [0.25, 0.3) is 0 Å². The maximum Gasteiger partial charge on any atom is 0.310 e. The van der Waals surface area contributed by atoms with Crippen molar-refractivity contribution in [1.29, 1.82) is 0 Å². The Balaban J connectivity index is 2.07. The molecule has 0 aliphatic carbocycles. The fourth-order valence-corrected chi connectivity index (χ4v) is 2.15. The molecule has 0 saturated heterocycles. The number of hydrogen-bond donors (Lipinski definition) is 0. The number of halogens is 1. The zero-order valence-corrected chi connectivity index (χ0v) is 12.5. The largest absolute Gasteiger partial charge is 0.486 e. The summed E-state index contributed by atoms with van der Waals surface area (Å²) >= 11 is 3.32. The number of nitrogens with zero attached hydrogens (tertiary/aromatic N) is 3. The molecule has 6 nitrogen and oxygen atoms in total. The van der Waals surface area contributed by atoms with Gasteiger partial charge in [0.15, 0.2) is 5.75 Å². The van der Waals surface area contributed by atoms with E-state index in [9.17, 15) is 10.1 Å². The third kappa shape index (κ3) is 3.36. The number of imidazole rings is 1. The summed E-state index contributed by atoms with van der Waals surface area (Å²) in [6, 6.07) is 4.86.